The number of aromatic nitrogens is 1. The second-order valence-corrected chi connectivity index (χ2v) is 4.79. The van der Waals surface area contributed by atoms with Crippen molar-refractivity contribution in [3.05, 3.63) is 18.3 Å². The molecule has 1 rings (SSSR count). The van der Waals surface area contributed by atoms with E-state index < -0.39 is 0 Å². The average molecular weight is 223 g/mol. The van der Waals surface area contributed by atoms with E-state index in [2.05, 4.69) is 24.1 Å². The number of pyridine rings is 1. The maximum absolute atomic E-state index is 8.81. The lowest BCUT2D eigenvalue weighted by molar-refractivity contribution is 0.248. The molecule has 4 nitrogen and oxygen atoms in total. The molecule has 0 radical (unpaired) electrons. The second kappa shape index (κ2) is 5.70. The molecule has 16 heavy (non-hydrogen) atoms. The first-order valence-electron chi connectivity index (χ1n) is 5.60. The Kier molecular flexibility index (Phi) is 4.55. The molecule has 4 N–H and O–H groups in total. The average Bonchev–Trinajstić information content (AvgIpc) is 2.26. The van der Waals surface area contributed by atoms with E-state index in [4.69, 9.17) is 10.8 Å². The lowest BCUT2D eigenvalue weighted by atomic mass is 9.88. The smallest absolute Gasteiger partial charge is 0.149 e. The van der Waals surface area contributed by atoms with Gasteiger partial charge in [-0.3, -0.25) is 0 Å². The predicted octanol–water partition coefficient (Wildman–Crippen LogP) is 1.87. The molecule has 0 aliphatic carbocycles. The van der Waals surface area contributed by atoms with Crippen molar-refractivity contribution >= 4 is 11.5 Å². The topological polar surface area (TPSA) is 71.2 Å². The number of aliphatic hydroxyl groups is 1. The van der Waals surface area contributed by atoms with E-state index in [0.717, 1.165) is 25.2 Å². The van der Waals surface area contributed by atoms with Crippen LogP contribution in [0.5, 0.6) is 0 Å². The van der Waals surface area contributed by atoms with Crippen LogP contribution in [0.2, 0.25) is 0 Å². The van der Waals surface area contributed by atoms with Crippen molar-refractivity contribution in [2.24, 2.45) is 5.41 Å². The third-order valence-electron chi connectivity index (χ3n) is 2.58. The van der Waals surface area contributed by atoms with E-state index in [1.165, 1.54) is 0 Å². The van der Waals surface area contributed by atoms with E-state index in [0.29, 0.717) is 5.69 Å². The summed E-state index contributed by atoms with van der Waals surface area (Å²) in [5.41, 5.74) is 6.58. The Morgan fingerprint density at radius 3 is 2.88 bits per heavy atom. The van der Waals surface area contributed by atoms with Gasteiger partial charge in [0.1, 0.15) is 5.82 Å². The van der Waals surface area contributed by atoms with Gasteiger partial charge in [0.2, 0.25) is 0 Å². The van der Waals surface area contributed by atoms with Gasteiger partial charge in [-0.05, 0) is 30.4 Å². The highest BCUT2D eigenvalue weighted by molar-refractivity contribution is 5.60. The van der Waals surface area contributed by atoms with E-state index in [1.54, 1.807) is 6.20 Å². The Hall–Kier alpha value is -1.29. The number of rotatable bonds is 6. The highest BCUT2D eigenvalue weighted by atomic mass is 16.2. The fraction of sp³-hybridized carbons (Fsp3) is 0.583. The number of hydrogen-bond acceptors (Lipinski definition) is 4. The maximum Gasteiger partial charge on any atom is 0.149 e. The summed E-state index contributed by atoms with van der Waals surface area (Å²) in [6.07, 6.45) is 3.52. The highest BCUT2D eigenvalue weighted by Gasteiger charge is 2.17. The summed E-state index contributed by atoms with van der Waals surface area (Å²) < 4.78 is 0. The van der Waals surface area contributed by atoms with E-state index in [-0.39, 0.29) is 12.0 Å². The number of aliphatic hydroxyl groups excluding tert-OH is 1. The Morgan fingerprint density at radius 2 is 2.25 bits per heavy atom. The molecular formula is C12H21N3O. The van der Waals surface area contributed by atoms with Crippen LogP contribution in [-0.4, -0.2) is 23.2 Å². The third-order valence-corrected chi connectivity index (χ3v) is 2.58. The summed E-state index contributed by atoms with van der Waals surface area (Å²) in [5, 5.41) is 12.1. The maximum atomic E-state index is 8.81. The molecule has 90 valence electrons. The Balaban J connectivity index is 2.47. The van der Waals surface area contributed by atoms with Crippen LogP contribution in [0.25, 0.3) is 0 Å². The predicted molar refractivity (Wildman–Crippen MR) is 67.2 cm³/mol. The highest BCUT2D eigenvalue weighted by Crippen LogP contribution is 2.23. The first-order chi connectivity index (χ1) is 7.55. The number of nitrogens with one attached hydrogen (secondary N) is 1. The zero-order valence-corrected chi connectivity index (χ0v) is 10.0. The standard InChI is InChI=1S/C12H21N3O/c1-12(2,6-4-8-16)9-15-11-10(13)5-3-7-14-11/h3,5,7,16H,4,6,8-9,13H2,1-2H3,(H,14,15). The molecule has 0 aliphatic heterocycles. The zero-order chi connectivity index (χ0) is 12.0. The third kappa shape index (κ3) is 4.06. The summed E-state index contributed by atoms with van der Waals surface area (Å²) in [5.74, 6) is 0.736. The molecule has 0 saturated carbocycles. The molecule has 1 aromatic rings. The lowest BCUT2D eigenvalue weighted by Crippen LogP contribution is -2.24. The number of hydrogen-bond donors (Lipinski definition) is 3. The van der Waals surface area contributed by atoms with Gasteiger partial charge in [0, 0.05) is 19.3 Å². The molecule has 0 unspecified atom stereocenters. The fourth-order valence-corrected chi connectivity index (χ4v) is 1.53. The molecule has 0 fully saturated rings. The monoisotopic (exact) mass is 223 g/mol. The van der Waals surface area contributed by atoms with Gasteiger partial charge >= 0.3 is 0 Å². The minimum atomic E-state index is 0.132. The van der Waals surface area contributed by atoms with Gasteiger partial charge in [0.25, 0.3) is 0 Å². The van der Waals surface area contributed by atoms with E-state index >= 15 is 0 Å². The van der Waals surface area contributed by atoms with Crippen LogP contribution in [0.4, 0.5) is 11.5 Å². The molecule has 0 aromatic carbocycles. The van der Waals surface area contributed by atoms with Gasteiger partial charge in [0.05, 0.1) is 5.69 Å². The molecular weight excluding hydrogens is 202 g/mol. The summed E-state index contributed by atoms with van der Waals surface area (Å²) in [6.45, 7) is 5.37. The van der Waals surface area contributed by atoms with Crippen LogP contribution in [0.3, 0.4) is 0 Å². The fourth-order valence-electron chi connectivity index (χ4n) is 1.53. The normalized spacial score (nSPS) is 11.4. The second-order valence-electron chi connectivity index (χ2n) is 4.79. The summed E-state index contributed by atoms with van der Waals surface area (Å²) in [4.78, 5) is 4.18. The number of nitrogens with zero attached hydrogens (tertiary/aromatic N) is 1. The van der Waals surface area contributed by atoms with Crippen molar-refractivity contribution in [1.29, 1.82) is 0 Å². The molecule has 0 saturated heterocycles. The number of nitrogen functional groups attached to an aromatic ring is 1. The molecule has 0 bridgehead atoms. The molecule has 1 aromatic heterocycles. The Morgan fingerprint density at radius 1 is 1.50 bits per heavy atom. The molecule has 0 spiro atoms. The molecule has 0 aliphatic rings. The molecule has 4 heteroatoms. The number of anilines is 2. The first kappa shape index (κ1) is 12.8. The lowest BCUT2D eigenvalue weighted by Gasteiger charge is -2.25. The molecule has 1 heterocycles. The van der Waals surface area contributed by atoms with Crippen LogP contribution >= 0.6 is 0 Å². The van der Waals surface area contributed by atoms with Crippen molar-refractivity contribution in [3.8, 4) is 0 Å². The van der Waals surface area contributed by atoms with Crippen molar-refractivity contribution in [1.82, 2.24) is 4.98 Å². The summed E-state index contributed by atoms with van der Waals surface area (Å²) in [7, 11) is 0. The minimum absolute atomic E-state index is 0.132. The SMILES string of the molecule is CC(C)(CCCO)CNc1ncccc1N. The zero-order valence-electron chi connectivity index (χ0n) is 10.0. The van der Waals surface area contributed by atoms with Crippen LogP contribution in [0.15, 0.2) is 18.3 Å². The quantitative estimate of drug-likeness (QED) is 0.688. The summed E-state index contributed by atoms with van der Waals surface area (Å²) in [6, 6.07) is 3.65. The minimum Gasteiger partial charge on any atom is -0.396 e. The van der Waals surface area contributed by atoms with Crippen molar-refractivity contribution in [2.75, 3.05) is 24.2 Å². The van der Waals surface area contributed by atoms with Gasteiger partial charge in [-0.15, -0.1) is 0 Å². The van der Waals surface area contributed by atoms with Gasteiger partial charge in [-0.25, -0.2) is 4.98 Å². The van der Waals surface area contributed by atoms with E-state index in [1.807, 2.05) is 12.1 Å². The van der Waals surface area contributed by atoms with Crippen molar-refractivity contribution in [3.63, 3.8) is 0 Å². The van der Waals surface area contributed by atoms with E-state index in [9.17, 15) is 0 Å². The molecule has 0 amide bonds. The Labute approximate surface area is 96.9 Å². The van der Waals surface area contributed by atoms with Crippen LogP contribution in [0, 0.1) is 5.41 Å². The van der Waals surface area contributed by atoms with Gasteiger partial charge < -0.3 is 16.2 Å². The first-order valence-corrected chi connectivity index (χ1v) is 5.60. The number of nitrogens with two attached hydrogens (primary N) is 1. The van der Waals surface area contributed by atoms with Gasteiger partial charge in [0.15, 0.2) is 0 Å². The van der Waals surface area contributed by atoms with Crippen LogP contribution in [0.1, 0.15) is 26.7 Å². The Bertz CT molecular complexity index is 326. The van der Waals surface area contributed by atoms with Crippen molar-refractivity contribution < 1.29 is 5.11 Å². The van der Waals surface area contributed by atoms with Crippen LogP contribution < -0.4 is 11.1 Å². The van der Waals surface area contributed by atoms with Gasteiger partial charge in [-0.1, -0.05) is 13.8 Å². The van der Waals surface area contributed by atoms with Crippen molar-refractivity contribution in [2.45, 2.75) is 26.7 Å². The van der Waals surface area contributed by atoms with Crippen LogP contribution in [-0.2, 0) is 0 Å². The largest absolute Gasteiger partial charge is 0.396 e. The summed E-state index contributed by atoms with van der Waals surface area (Å²) >= 11 is 0. The molecule has 0 atom stereocenters. The van der Waals surface area contributed by atoms with Gasteiger partial charge in [-0.2, -0.15) is 0 Å².